The zero-order valence-corrected chi connectivity index (χ0v) is 15.5. The van der Waals surface area contributed by atoms with Crippen LogP contribution in [0.2, 0.25) is 0 Å². The van der Waals surface area contributed by atoms with E-state index in [1.165, 1.54) is 28.6 Å². The zero-order valence-electron chi connectivity index (χ0n) is 13.9. The Labute approximate surface area is 156 Å². The number of hydrogen-bond donors (Lipinski definition) is 1. The lowest BCUT2D eigenvalue weighted by molar-refractivity contribution is -0.0518. The standard InChI is InChI=1S/C15H18F2N4O3S.ClH/c1-20-8-7-19-14(20)11-10-18-6-9-21(11)25(22,23)13-5-3-2-4-12(13)24-15(16)17;/h2-5,7-8,11,15,18H,6,9-10H2,1H3;1H. The van der Waals surface area contributed by atoms with Gasteiger partial charge >= 0.3 is 6.61 Å². The van der Waals surface area contributed by atoms with Crippen molar-refractivity contribution in [1.29, 1.82) is 0 Å². The minimum absolute atomic E-state index is 0. The van der Waals surface area contributed by atoms with Crippen molar-refractivity contribution in [1.82, 2.24) is 19.2 Å². The molecule has 0 radical (unpaired) electrons. The normalized spacial score (nSPS) is 18.5. The van der Waals surface area contributed by atoms with Crippen molar-refractivity contribution in [2.24, 2.45) is 7.05 Å². The first-order valence-corrected chi connectivity index (χ1v) is 9.09. The second kappa shape index (κ2) is 8.30. The van der Waals surface area contributed by atoms with Crippen molar-refractivity contribution in [3.8, 4) is 5.75 Å². The van der Waals surface area contributed by atoms with E-state index in [9.17, 15) is 17.2 Å². The minimum Gasteiger partial charge on any atom is -0.433 e. The van der Waals surface area contributed by atoms with Gasteiger partial charge in [-0.3, -0.25) is 0 Å². The molecule has 26 heavy (non-hydrogen) atoms. The molecule has 1 aromatic carbocycles. The summed E-state index contributed by atoms with van der Waals surface area (Å²) in [5, 5.41) is 3.14. The topological polar surface area (TPSA) is 76.5 Å². The van der Waals surface area contributed by atoms with Gasteiger partial charge in [0.2, 0.25) is 10.0 Å². The molecule has 1 N–H and O–H groups in total. The van der Waals surface area contributed by atoms with Crippen LogP contribution >= 0.6 is 12.4 Å². The molecule has 1 fully saturated rings. The van der Waals surface area contributed by atoms with Gasteiger partial charge in [-0.2, -0.15) is 13.1 Å². The summed E-state index contributed by atoms with van der Waals surface area (Å²) in [7, 11) is -2.28. The largest absolute Gasteiger partial charge is 0.433 e. The molecule has 1 aliphatic rings. The molecule has 11 heteroatoms. The molecule has 7 nitrogen and oxygen atoms in total. The Bertz CT molecular complexity index is 847. The maximum Gasteiger partial charge on any atom is 0.387 e. The fraction of sp³-hybridized carbons (Fsp3) is 0.400. The Morgan fingerprint density at radius 2 is 2.08 bits per heavy atom. The Morgan fingerprint density at radius 1 is 1.35 bits per heavy atom. The predicted molar refractivity (Wildman–Crippen MR) is 93.0 cm³/mol. The van der Waals surface area contributed by atoms with Crippen LogP contribution in [0, 0.1) is 0 Å². The molecule has 1 aliphatic heterocycles. The average molecular weight is 409 g/mol. The van der Waals surface area contributed by atoms with Crippen LogP contribution in [0.3, 0.4) is 0 Å². The van der Waals surface area contributed by atoms with E-state index in [-0.39, 0.29) is 29.6 Å². The third kappa shape index (κ3) is 3.98. The van der Waals surface area contributed by atoms with E-state index in [2.05, 4.69) is 15.0 Å². The number of benzene rings is 1. The van der Waals surface area contributed by atoms with E-state index in [0.717, 1.165) is 0 Å². The summed E-state index contributed by atoms with van der Waals surface area (Å²) in [6.45, 7) is -2.08. The van der Waals surface area contributed by atoms with Gasteiger partial charge in [-0.15, -0.1) is 12.4 Å². The number of sulfonamides is 1. The summed E-state index contributed by atoms with van der Waals surface area (Å²) in [6, 6.07) is 4.87. The molecule has 0 amide bonds. The molecule has 0 bridgehead atoms. The van der Waals surface area contributed by atoms with Crippen molar-refractivity contribution < 1.29 is 21.9 Å². The van der Waals surface area contributed by atoms with Gasteiger partial charge in [-0.05, 0) is 12.1 Å². The first kappa shape index (κ1) is 20.6. The number of nitrogens with one attached hydrogen (secondary N) is 1. The lowest BCUT2D eigenvalue weighted by atomic mass is 10.2. The molecule has 0 aliphatic carbocycles. The third-order valence-electron chi connectivity index (χ3n) is 4.00. The third-order valence-corrected chi connectivity index (χ3v) is 5.95. The number of rotatable bonds is 5. The lowest BCUT2D eigenvalue weighted by Gasteiger charge is -2.34. The molecule has 1 atom stereocenters. The molecule has 1 aromatic heterocycles. The van der Waals surface area contributed by atoms with Crippen LogP contribution < -0.4 is 10.1 Å². The molecule has 1 saturated heterocycles. The van der Waals surface area contributed by atoms with Gasteiger partial charge in [0.25, 0.3) is 0 Å². The molecule has 2 aromatic rings. The Balaban J connectivity index is 0.00000243. The van der Waals surface area contributed by atoms with E-state index < -0.39 is 22.7 Å². The maximum absolute atomic E-state index is 13.1. The predicted octanol–water partition coefficient (Wildman–Crippen LogP) is 1.78. The first-order valence-electron chi connectivity index (χ1n) is 7.65. The Kier molecular flexibility index (Phi) is 6.56. The molecule has 2 heterocycles. The van der Waals surface area contributed by atoms with E-state index in [1.807, 2.05) is 0 Å². The molecular weight excluding hydrogens is 390 g/mol. The average Bonchev–Trinajstić information content (AvgIpc) is 3.00. The number of alkyl halides is 2. The van der Waals surface area contributed by atoms with E-state index >= 15 is 0 Å². The van der Waals surface area contributed by atoms with Crippen molar-refractivity contribution >= 4 is 22.4 Å². The van der Waals surface area contributed by atoms with Crippen molar-refractivity contribution in [2.45, 2.75) is 17.5 Å². The summed E-state index contributed by atoms with van der Waals surface area (Å²) >= 11 is 0. The number of aromatic nitrogens is 2. The number of ether oxygens (including phenoxy) is 1. The van der Waals surface area contributed by atoms with Crippen molar-refractivity contribution in [2.75, 3.05) is 19.6 Å². The molecule has 0 spiro atoms. The van der Waals surface area contributed by atoms with Gasteiger partial charge in [-0.25, -0.2) is 13.4 Å². The first-order chi connectivity index (χ1) is 11.9. The lowest BCUT2D eigenvalue weighted by Crippen LogP contribution is -2.49. The van der Waals surface area contributed by atoms with Crippen LogP contribution in [-0.2, 0) is 17.1 Å². The summed E-state index contributed by atoms with van der Waals surface area (Å²) < 4.78 is 59.0. The highest BCUT2D eigenvalue weighted by atomic mass is 35.5. The Morgan fingerprint density at radius 3 is 2.73 bits per heavy atom. The number of piperazine rings is 1. The van der Waals surface area contributed by atoms with Crippen LogP contribution in [-0.4, -0.2) is 48.5 Å². The monoisotopic (exact) mass is 408 g/mol. The molecule has 1 unspecified atom stereocenters. The van der Waals surface area contributed by atoms with Crippen LogP contribution in [0.25, 0.3) is 0 Å². The Hall–Kier alpha value is -1.75. The second-order valence-corrected chi connectivity index (χ2v) is 7.42. The van der Waals surface area contributed by atoms with E-state index in [4.69, 9.17) is 0 Å². The number of nitrogens with zero attached hydrogens (tertiary/aromatic N) is 3. The highest BCUT2D eigenvalue weighted by molar-refractivity contribution is 7.89. The summed E-state index contributed by atoms with van der Waals surface area (Å²) in [4.78, 5) is 3.95. The quantitative estimate of drug-likeness (QED) is 0.816. The van der Waals surface area contributed by atoms with E-state index in [0.29, 0.717) is 18.9 Å². The number of imidazole rings is 1. The fourth-order valence-corrected chi connectivity index (χ4v) is 4.58. The van der Waals surface area contributed by atoms with Crippen LogP contribution in [0.5, 0.6) is 5.75 Å². The number of hydrogen-bond acceptors (Lipinski definition) is 5. The van der Waals surface area contributed by atoms with Crippen LogP contribution in [0.1, 0.15) is 11.9 Å². The van der Waals surface area contributed by atoms with Crippen LogP contribution in [0.15, 0.2) is 41.6 Å². The van der Waals surface area contributed by atoms with E-state index in [1.54, 1.807) is 24.0 Å². The van der Waals surface area contributed by atoms with Crippen LogP contribution in [0.4, 0.5) is 8.78 Å². The highest BCUT2D eigenvalue weighted by Gasteiger charge is 2.38. The van der Waals surface area contributed by atoms with Crippen molar-refractivity contribution in [3.63, 3.8) is 0 Å². The zero-order chi connectivity index (χ0) is 18.0. The van der Waals surface area contributed by atoms with Gasteiger partial charge in [0.05, 0.1) is 6.04 Å². The number of para-hydroxylation sites is 1. The fourth-order valence-electron chi connectivity index (χ4n) is 2.87. The number of halogens is 3. The molecule has 0 saturated carbocycles. The minimum atomic E-state index is -4.05. The SMILES string of the molecule is Cl.Cn1ccnc1C1CNCCN1S(=O)(=O)c1ccccc1OC(F)F. The van der Waals surface area contributed by atoms with Gasteiger partial charge in [0, 0.05) is 39.1 Å². The second-order valence-electron chi connectivity index (χ2n) is 5.56. The van der Waals surface area contributed by atoms with Gasteiger partial charge < -0.3 is 14.6 Å². The van der Waals surface area contributed by atoms with Crippen molar-refractivity contribution in [3.05, 3.63) is 42.5 Å². The smallest absolute Gasteiger partial charge is 0.387 e. The number of aryl methyl sites for hydroxylation is 1. The molecular formula is C15H19ClF2N4O3S. The molecule has 144 valence electrons. The maximum atomic E-state index is 13.1. The summed E-state index contributed by atoms with van der Waals surface area (Å²) in [5.74, 6) is 0.206. The summed E-state index contributed by atoms with van der Waals surface area (Å²) in [6.07, 6.45) is 3.31. The van der Waals surface area contributed by atoms with Gasteiger partial charge in [-0.1, -0.05) is 12.1 Å². The highest BCUT2D eigenvalue weighted by Crippen LogP contribution is 2.33. The van der Waals surface area contributed by atoms with Gasteiger partial charge in [0.1, 0.15) is 16.5 Å². The van der Waals surface area contributed by atoms with Gasteiger partial charge in [0.15, 0.2) is 0 Å². The molecule has 3 rings (SSSR count). The summed E-state index contributed by atoms with van der Waals surface area (Å²) in [5.41, 5.74) is 0.